The summed E-state index contributed by atoms with van der Waals surface area (Å²) in [5, 5.41) is 3.37. The van der Waals surface area contributed by atoms with Crippen LogP contribution in [-0.4, -0.2) is 45.7 Å². The topological polar surface area (TPSA) is 55.4 Å². The number of hydrogen-bond donors (Lipinski definition) is 1. The molecule has 0 aromatic rings. The zero-order valence-electron chi connectivity index (χ0n) is 11.9. The zero-order valence-corrected chi connectivity index (χ0v) is 12.7. The quantitative estimate of drug-likeness (QED) is 0.768. The number of ether oxygens (including phenoxy) is 1. The first-order valence-corrected chi connectivity index (χ1v) is 8.82. The van der Waals surface area contributed by atoms with Crippen LogP contribution in [0.2, 0.25) is 0 Å². The molecule has 0 aliphatic carbocycles. The summed E-state index contributed by atoms with van der Waals surface area (Å²) in [6.07, 6.45) is 4.86. The molecular weight excluding hydrogens is 250 g/mol. The summed E-state index contributed by atoms with van der Waals surface area (Å²) in [6.45, 7) is 6.93. The molecule has 5 heteroatoms. The van der Waals surface area contributed by atoms with Gasteiger partial charge < -0.3 is 10.1 Å². The summed E-state index contributed by atoms with van der Waals surface area (Å²) in [5.74, 6) is 0.640. The Labute approximate surface area is 111 Å². The van der Waals surface area contributed by atoms with Gasteiger partial charge in [0.25, 0.3) is 0 Å². The number of sulfone groups is 1. The van der Waals surface area contributed by atoms with Crippen LogP contribution in [-0.2, 0) is 14.6 Å². The minimum atomic E-state index is -3.04. The molecule has 1 N–H and O–H groups in total. The van der Waals surface area contributed by atoms with Crippen LogP contribution in [0, 0.1) is 5.92 Å². The first-order chi connectivity index (χ1) is 8.45. The normalized spacial score (nSPS) is 20.2. The molecule has 1 fully saturated rings. The fourth-order valence-electron chi connectivity index (χ4n) is 2.50. The third kappa shape index (κ3) is 3.93. The lowest BCUT2D eigenvalue weighted by molar-refractivity contribution is 0.0743. The van der Waals surface area contributed by atoms with Gasteiger partial charge in [-0.05, 0) is 25.3 Å². The van der Waals surface area contributed by atoms with Crippen molar-refractivity contribution >= 4 is 9.84 Å². The van der Waals surface area contributed by atoms with E-state index in [2.05, 4.69) is 19.2 Å². The van der Waals surface area contributed by atoms with Crippen LogP contribution in [0.4, 0.5) is 0 Å². The molecule has 0 spiro atoms. The number of nitrogens with one attached hydrogen (secondary N) is 1. The van der Waals surface area contributed by atoms with E-state index in [1.165, 1.54) is 6.26 Å². The molecule has 1 aliphatic rings. The Morgan fingerprint density at radius 2 is 1.78 bits per heavy atom. The highest BCUT2D eigenvalue weighted by Crippen LogP contribution is 2.28. The van der Waals surface area contributed by atoms with Crippen LogP contribution in [0.25, 0.3) is 0 Å². The van der Waals surface area contributed by atoms with E-state index < -0.39 is 14.6 Å². The Hall–Kier alpha value is -0.130. The van der Waals surface area contributed by atoms with Crippen molar-refractivity contribution in [3.05, 3.63) is 0 Å². The van der Waals surface area contributed by atoms with Gasteiger partial charge in [0.05, 0.1) is 4.75 Å². The number of hydrogen-bond acceptors (Lipinski definition) is 4. The molecule has 1 aliphatic heterocycles. The van der Waals surface area contributed by atoms with Crippen LogP contribution in [0.3, 0.4) is 0 Å². The lowest BCUT2D eigenvalue weighted by Gasteiger charge is -2.36. The standard InChI is InChI=1S/C13H27NO3S/c1-4-12(5-2)10-14-11-13(18(3,15)16)6-8-17-9-7-13/h12,14H,4-11H2,1-3H3. The molecule has 4 nitrogen and oxygen atoms in total. The van der Waals surface area contributed by atoms with E-state index in [1.54, 1.807) is 0 Å². The van der Waals surface area contributed by atoms with Gasteiger partial charge in [-0.25, -0.2) is 8.42 Å². The van der Waals surface area contributed by atoms with Crippen LogP contribution < -0.4 is 5.32 Å². The summed E-state index contributed by atoms with van der Waals surface area (Å²) in [5.41, 5.74) is 0. The van der Waals surface area contributed by atoms with E-state index in [0.29, 0.717) is 38.5 Å². The molecule has 0 atom stereocenters. The summed E-state index contributed by atoms with van der Waals surface area (Å²) in [6, 6.07) is 0. The molecule has 1 heterocycles. The van der Waals surface area contributed by atoms with Crippen LogP contribution in [0.5, 0.6) is 0 Å². The third-order valence-corrected chi connectivity index (χ3v) is 6.35. The van der Waals surface area contributed by atoms with Gasteiger partial charge in [0.15, 0.2) is 9.84 Å². The van der Waals surface area contributed by atoms with Gasteiger partial charge in [-0.3, -0.25) is 0 Å². The molecular formula is C13H27NO3S. The van der Waals surface area contributed by atoms with Crippen LogP contribution in [0.15, 0.2) is 0 Å². The van der Waals surface area contributed by atoms with Crippen molar-refractivity contribution in [3.8, 4) is 0 Å². The number of rotatable bonds is 7. The molecule has 0 aromatic heterocycles. The summed E-state index contributed by atoms with van der Waals surface area (Å²) < 4.78 is 28.7. The molecule has 0 bridgehead atoms. The summed E-state index contributed by atoms with van der Waals surface area (Å²) in [7, 11) is -3.04. The van der Waals surface area contributed by atoms with Gasteiger partial charge in [0.2, 0.25) is 0 Å². The van der Waals surface area contributed by atoms with Gasteiger partial charge >= 0.3 is 0 Å². The van der Waals surface area contributed by atoms with Crippen LogP contribution >= 0.6 is 0 Å². The molecule has 0 radical (unpaired) electrons. The van der Waals surface area contributed by atoms with Crippen molar-refractivity contribution in [2.24, 2.45) is 5.92 Å². The van der Waals surface area contributed by atoms with Crippen LogP contribution in [0.1, 0.15) is 39.5 Å². The largest absolute Gasteiger partial charge is 0.381 e. The maximum absolute atomic E-state index is 12.0. The molecule has 0 saturated carbocycles. The van der Waals surface area contributed by atoms with E-state index in [-0.39, 0.29) is 0 Å². The highest BCUT2D eigenvalue weighted by Gasteiger charge is 2.41. The Bertz CT molecular complexity index is 330. The zero-order chi connectivity index (χ0) is 13.6. The predicted molar refractivity (Wildman–Crippen MR) is 74.6 cm³/mol. The predicted octanol–water partition coefficient (Wildman–Crippen LogP) is 1.61. The second-order valence-electron chi connectivity index (χ2n) is 5.38. The highest BCUT2D eigenvalue weighted by molar-refractivity contribution is 7.92. The van der Waals surface area contributed by atoms with Crippen molar-refractivity contribution in [2.75, 3.05) is 32.6 Å². The van der Waals surface area contributed by atoms with E-state index in [0.717, 1.165) is 19.4 Å². The van der Waals surface area contributed by atoms with Crippen molar-refractivity contribution in [3.63, 3.8) is 0 Å². The second kappa shape index (κ2) is 6.87. The van der Waals surface area contributed by atoms with Crippen molar-refractivity contribution < 1.29 is 13.2 Å². The maximum atomic E-state index is 12.0. The Morgan fingerprint density at radius 3 is 2.22 bits per heavy atom. The Morgan fingerprint density at radius 1 is 1.22 bits per heavy atom. The monoisotopic (exact) mass is 277 g/mol. The third-order valence-electron chi connectivity index (χ3n) is 4.23. The van der Waals surface area contributed by atoms with E-state index >= 15 is 0 Å². The molecule has 108 valence electrons. The average molecular weight is 277 g/mol. The smallest absolute Gasteiger partial charge is 0.154 e. The molecule has 0 unspecified atom stereocenters. The van der Waals surface area contributed by atoms with Gasteiger partial charge in [0.1, 0.15) is 0 Å². The SMILES string of the molecule is CCC(CC)CNCC1(S(C)(=O)=O)CCOCC1. The molecule has 18 heavy (non-hydrogen) atoms. The molecule has 1 saturated heterocycles. The first kappa shape index (κ1) is 15.9. The first-order valence-electron chi connectivity index (χ1n) is 6.93. The Kier molecular flexibility index (Phi) is 6.08. The molecule has 0 amide bonds. The van der Waals surface area contributed by atoms with E-state index in [9.17, 15) is 8.42 Å². The van der Waals surface area contributed by atoms with Crippen molar-refractivity contribution in [2.45, 2.75) is 44.3 Å². The van der Waals surface area contributed by atoms with E-state index in [1.807, 2.05) is 0 Å². The van der Waals surface area contributed by atoms with Gasteiger partial charge in [-0.2, -0.15) is 0 Å². The minimum absolute atomic E-state index is 0.555. The summed E-state index contributed by atoms with van der Waals surface area (Å²) in [4.78, 5) is 0. The van der Waals surface area contributed by atoms with Gasteiger partial charge in [-0.1, -0.05) is 26.7 Å². The maximum Gasteiger partial charge on any atom is 0.154 e. The molecule has 0 aromatic carbocycles. The van der Waals surface area contributed by atoms with Crippen molar-refractivity contribution in [1.29, 1.82) is 0 Å². The Balaban J connectivity index is 2.58. The lowest BCUT2D eigenvalue weighted by Crippen LogP contribution is -2.51. The lowest BCUT2D eigenvalue weighted by atomic mass is 9.98. The van der Waals surface area contributed by atoms with Gasteiger partial charge in [-0.15, -0.1) is 0 Å². The second-order valence-corrected chi connectivity index (χ2v) is 7.79. The highest BCUT2D eigenvalue weighted by atomic mass is 32.2. The average Bonchev–Trinajstić information content (AvgIpc) is 2.34. The van der Waals surface area contributed by atoms with E-state index in [4.69, 9.17) is 4.74 Å². The molecule has 1 rings (SSSR count). The fourth-order valence-corrected chi connectivity index (χ4v) is 3.78. The van der Waals surface area contributed by atoms with Crippen molar-refractivity contribution in [1.82, 2.24) is 5.32 Å². The summed E-state index contributed by atoms with van der Waals surface area (Å²) >= 11 is 0. The minimum Gasteiger partial charge on any atom is -0.381 e. The fraction of sp³-hybridized carbons (Fsp3) is 1.00. The van der Waals surface area contributed by atoms with Gasteiger partial charge in [0, 0.05) is 26.0 Å².